The van der Waals surface area contributed by atoms with Crippen LogP contribution in [0.2, 0.25) is 0 Å². The van der Waals surface area contributed by atoms with Crippen molar-refractivity contribution in [1.82, 2.24) is 20.1 Å². The zero-order chi connectivity index (χ0) is 46.1. The highest BCUT2D eigenvalue weighted by Crippen LogP contribution is 2.40. The third kappa shape index (κ3) is 8.19. The molecule has 332 valence electrons. The van der Waals surface area contributed by atoms with Crippen LogP contribution in [0.25, 0.3) is 60.9 Å². The number of para-hydroxylation sites is 3. The van der Waals surface area contributed by atoms with Gasteiger partial charge in [-0.3, -0.25) is 15.5 Å². The average Bonchev–Trinajstić information content (AvgIpc) is 3.76. The van der Waals surface area contributed by atoms with Crippen molar-refractivity contribution < 1.29 is 0 Å². The topological polar surface area (TPSA) is 35.5 Å². The fourth-order valence-electron chi connectivity index (χ4n) is 10.2. The number of hydrogen-bond donors (Lipinski definition) is 2. The van der Waals surface area contributed by atoms with Gasteiger partial charge in [0.2, 0.25) is 0 Å². The molecule has 3 unspecified atom stereocenters. The van der Waals surface area contributed by atoms with Crippen LogP contribution in [0.15, 0.2) is 261 Å². The minimum atomic E-state index is -0.00363. The van der Waals surface area contributed by atoms with Gasteiger partial charge in [-0.2, -0.15) is 0 Å². The van der Waals surface area contributed by atoms with Crippen LogP contribution in [-0.2, 0) is 0 Å². The molecule has 10 aromatic carbocycles. The maximum Gasteiger partial charge on any atom is 0.0887 e. The molecule has 2 N–H and O–H groups in total. The van der Waals surface area contributed by atoms with E-state index in [0.29, 0.717) is 0 Å². The molecule has 0 radical (unpaired) electrons. The Bertz CT molecular complexity index is 3450. The highest BCUT2D eigenvalue weighted by molar-refractivity contribution is 6.11. The Balaban J connectivity index is 0.848. The van der Waals surface area contributed by atoms with Crippen molar-refractivity contribution in [3.8, 4) is 39.1 Å². The zero-order valence-corrected chi connectivity index (χ0v) is 38.4. The number of fused-ring (bicyclic) bond motifs is 3. The SMILES string of the molecule is CN1C(c2ccccc2)NC(c2ccccc2)NC1c1ccc(-c2ccc(-c3ccc4c(c3)c3cc(-c5ccc(N(c6ccccc6)c6ccccc6)cc5)ccc3n4-c3ccccc3)cc2)cc1. The van der Waals surface area contributed by atoms with Crippen LogP contribution in [0.1, 0.15) is 35.2 Å². The van der Waals surface area contributed by atoms with Crippen molar-refractivity contribution in [2.75, 3.05) is 11.9 Å². The summed E-state index contributed by atoms with van der Waals surface area (Å²) in [5.74, 6) is 0. The molecule has 0 saturated carbocycles. The smallest absolute Gasteiger partial charge is 0.0887 e. The lowest BCUT2D eigenvalue weighted by Crippen LogP contribution is -2.54. The van der Waals surface area contributed by atoms with Crippen LogP contribution in [0.3, 0.4) is 0 Å². The van der Waals surface area contributed by atoms with Gasteiger partial charge in [-0.15, -0.1) is 0 Å². The Morgan fingerprint density at radius 1 is 0.333 bits per heavy atom. The van der Waals surface area contributed by atoms with Crippen molar-refractivity contribution in [3.63, 3.8) is 0 Å². The third-order valence-corrected chi connectivity index (χ3v) is 13.8. The summed E-state index contributed by atoms with van der Waals surface area (Å²) < 4.78 is 2.40. The van der Waals surface area contributed by atoms with Gasteiger partial charge in [-0.05, 0) is 130 Å². The van der Waals surface area contributed by atoms with Gasteiger partial charge in [0.05, 0.1) is 29.5 Å². The number of nitrogens with one attached hydrogen (secondary N) is 2. The molecule has 1 aromatic heterocycles. The van der Waals surface area contributed by atoms with Crippen LogP contribution in [-0.4, -0.2) is 16.5 Å². The molecule has 0 amide bonds. The quantitative estimate of drug-likeness (QED) is 0.143. The van der Waals surface area contributed by atoms with Crippen LogP contribution in [0, 0.1) is 0 Å². The monoisotopic (exact) mass is 889 g/mol. The first-order chi connectivity index (χ1) is 34.1. The summed E-state index contributed by atoms with van der Waals surface area (Å²) in [4.78, 5) is 4.69. The highest BCUT2D eigenvalue weighted by Gasteiger charge is 2.34. The molecule has 69 heavy (non-hydrogen) atoms. The molecule has 12 rings (SSSR count). The van der Waals surface area contributed by atoms with Gasteiger partial charge >= 0.3 is 0 Å². The summed E-state index contributed by atoms with van der Waals surface area (Å²) in [6.45, 7) is 0. The van der Waals surface area contributed by atoms with E-state index in [2.05, 4.69) is 293 Å². The molecular weight excluding hydrogens is 839 g/mol. The minimum absolute atomic E-state index is 0.00363. The number of benzene rings is 10. The predicted octanol–water partition coefficient (Wildman–Crippen LogP) is 15.8. The molecule has 11 aromatic rings. The van der Waals surface area contributed by atoms with E-state index in [9.17, 15) is 0 Å². The van der Waals surface area contributed by atoms with E-state index in [4.69, 9.17) is 0 Å². The minimum Gasteiger partial charge on any atom is -0.311 e. The van der Waals surface area contributed by atoms with E-state index in [1.165, 1.54) is 71.9 Å². The Morgan fingerprint density at radius 2 is 0.681 bits per heavy atom. The molecule has 0 aliphatic carbocycles. The molecule has 5 heteroatoms. The molecule has 1 aliphatic rings. The van der Waals surface area contributed by atoms with Gasteiger partial charge in [0.25, 0.3) is 0 Å². The Labute approximate surface area is 404 Å². The van der Waals surface area contributed by atoms with Crippen molar-refractivity contribution in [2.24, 2.45) is 0 Å². The highest BCUT2D eigenvalue weighted by atomic mass is 15.4. The van der Waals surface area contributed by atoms with Gasteiger partial charge in [-0.25, -0.2) is 0 Å². The predicted molar refractivity (Wildman–Crippen MR) is 287 cm³/mol. The lowest BCUT2D eigenvalue weighted by Gasteiger charge is -2.45. The van der Waals surface area contributed by atoms with Gasteiger partial charge in [0.15, 0.2) is 0 Å². The van der Waals surface area contributed by atoms with E-state index < -0.39 is 0 Å². The fourth-order valence-corrected chi connectivity index (χ4v) is 10.2. The number of rotatable bonds is 10. The largest absolute Gasteiger partial charge is 0.311 e. The first-order valence-electron chi connectivity index (χ1n) is 23.8. The summed E-state index contributed by atoms with van der Waals surface area (Å²) in [5, 5.41) is 10.2. The maximum absolute atomic E-state index is 3.89. The van der Waals surface area contributed by atoms with Crippen LogP contribution in [0.5, 0.6) is 0 Å². The second-order valence-corrected chi connectivity index (χ2v) is 17.9. The van der Waals surface area contributed by atoms with Gasteiger partial charge < -0.3 is 9.47 Å². The summed E-state index contributed by atoms with van der Waals surface area (Å²) in [7, 11) is 2.19. The van der Waals surface area contributed by atoms with Crippen molar-refractivity contribution in [3.05, 3.63) is 278 Å². The first kappa shape index (κ1) is 42.1. The van der Waals surface area contributed by atoms with E-state index >= 15 is 0 Å². The fraction of sp³-hybridized carbons (Fsp3) is 0.0625. The molecule has 0 bridgehead atoms. The molecule has 1 saturated heterocycles. The Kier molecular flexibility index (Phi) is 11.2. The second-order valence-electron chi connectivity index (χ2n) is 17.9. The summed E-state index contributed by atoms with van der Waals surface area (Å²) in [6.07, 6.45) is 0.0467. The Morgan fingerprint density at radius 3 is 1.16 bits per heavy atom. The molecule has 0 spiro atoms. The molecule has 2 heterocycles. The maximum atomic E-state index is 3.89. The number of hydrogen-bond acceptors (Lipinski definition) is 4. The molecule has 3 atom stereocenters. The standard InChI is InChI=1S/C64H51N5/c1-67-63(50-19-9-3-10-20-50)65-62(49-17-7-2-8-18-49)66-64(67)51-33-31-46(32-34-51)45-27-29-47(30-28-45)52-37-41-60-58(43-52)59-44-53(38-42-61(59)69(60)56-25-15-6-16-26-56)48-35-39-57(40-36-48)68(54-21-11-4-12-22-54)55-23-13-5-14-24-55/h2-44,62-66H,1H3. The van der Waals surface area contributed by atoms with Gasteiger partial charge in [-0.1, -0.05) is 188 Å². The molecule has 1 aliphatic heterocycles. The lowest BCUT2D eigenvalue weighted by molar-refractivity contribution is 0.0416. The van der Waals surface area contributed by atoms with Gasteiger partial charge in [0.1, 0.15) is 0 Å². The first-order valence-corrected chi connectivity index (χ1v) is 23.8. The third-order valence-electron chi connectivity index (χ3n) is 13.8. The van der Waals surface area contributed by atoms with E-state index in [-0.39, 0.29) is 18.5 Å². The molecule has 1 fully saturated rings. The van der Waals surface area contributed by atoms with Gasteiger partial charge in [0, 0.05) is 33.5 Å². The normalized spacial score (nSPS) is 16.2. The number of aromatic nitrogens is 1. The Hall–Kier alpha value is -8.32. The summed E-state index contributed by atoms with van der Waals surface area (Å²) in [5.41, 5.74) is 17.7. The molecule has 5 nitrogen and oxygen atoms in total. The number of nitrogens with zero attached hydrogens (tertiary/aromatic N) is 3. The van der Waals surface area contributed by atoms with E-state index in [0.717, 1.165) is 22.7 Å². The van der Waals surface area contributed by atoms with Crippen molar-refractivity contribution in [2.45, 2.75) is 18.5 Å². The average molecular weight is 890 g/mol. The summed E-state index contributed by atoms with van der Waals surface area (Å²) >= 11 is 0. The van der Waals surface area contributed by atoms with Crippen molar-refractivity contribution in [1.29, 1.82) is 0 Å². The van der Waals surface area contributed by atoms with Crippen LogP contribution >= 0.6 is 0 Å². The van der Waals surface area contributed by atoms with E-state index in [1.807, 2.05) is 0 Å². The van der Waals surface area contributed by atoms with Crippen LogP contribution < -0.4 is 15.5 Å². The summed E-state index contributed by atoms with van der Waals surface area (Å²) in [6, 6.07) is 94.1. The van der Waals surface area contributed by atoms with E-state index in [1.54, 1.807) is 0 Å². The zero-order valence-electron chi connectivity index (χ0n) is 38.4. The second kappa shape index (κ2) is 18.4. The van der Waals surface area contributed by atoms with Crippen LogP contribution in [0.4, 0.5) is 17.1 Å². The van der Waals surface area contributed by atoms with Crippen molar-refractivity contribution >= 4 is 38.9 Å². The lowest BCUT2D eigenvalue weighted by atomic mass is 9.97. The number of anilines is 3. The molecular formula is C64H51N5.